The Kier molecular flexibility index (Phi) is 3.59. The summed E-state index contributed by atoms with van der Waals surface area (Å²) >= 11 is 0. The van der Waals surface area contributed by atoms with Crippen molar-refractivity contribution < 1.29 is 0 Å². The molecule has 0 saturated carbocycles. The fourth-order valence-electron chi connectivity index (χ4n) is 2.40. The van der Waals surface area contributed by atoms with Crippen LogP contribution < -0.4 is 5.73 Å². The zero-order chi connectivity index (χ0) is 15.5. The molecule has 3 nitrogen and oxygen atoms in total. The molecular formula is C19H15N3. The highest BCUT2D eigenvalue weighted by Gasteiger charge is 2.13. The van der Waals surface area contributed by atoms with Gasteiger partial charge in [-0.1, -0.05) is 60.2 Å². The maximum Gasteiger partial charge on any atom is 0.142 e. The quantitative estimate of drug-likeness (QED) is 0.768. The summed E-state index contributed by atoms with van der Waals surface area (Å²) in [5, 5.41) is 9.39. The van der Waals surface area contributed by atoms with Crippen molar-refractivity contribution >= 4 is 5.82 Å². The van der Waals surface area contributed by atoms with Crippen molar-refractivity contribution in [2.24, 2.45) is 0 Å². The zero-order valence-corrected chi connectivity index (χ0v) is 12.2. The van der Waals surface area contributed by atoms with Gasteiger partial charge in [0.25, 0.3) is 0 Å². The van der Waals surface area contributed by atoms with Crippen molar-refractivity contribution in [3.8, 4) is 28.5 Å². The van der Waals surface area contributed by atoms with Gasteiger partial charge in [0.15, 0.2) is 0 Å². The molecule has 0 radical (unpaired) electrons. The second kappa shape index (κ2) is 5.71. The highest BCUT2D eigenvalue weighted by Crippen LogP contribution is 2.31. The largest absolute Gasteiger partial charge is 0.383 e. The highest BCUT2D eigenvalue weighted by atomic mass is 14.8. The molecular weight excluding hydrogens is 270 g/mol. The van der Waals surface area contributed by atoms with E-state index in [0.29, 0.717) is 5.56 Å². The number of aryl methyl sites for hydroxylation is 1. The molecule has 0 amide bonds. The van der Waals surface area contributed by atoms with Crippen molar-refractivity contribution in [2.45, 2.75) is 6.92 Å². The molecule has 0 atom stereocenters. The van der Waals surface area contributed by atoms with Gasteiger partial charge in [-0.25, -0.2) is 4.98 Å². The number of aromatic nitrogens is 1. The van der Waals surface area contributed by atoms with Gasteiger partial charge in [0, 0.05) is 11.1 Å². The third kappa shape index (κ3) is 2.55. The lowest BCUT2D eigenvalue weighted by atomic mass is 9.98. The maximum atomic E-state index is 9.39. The lowest BCUT2D eigenvalue weighted by Gasteiger charge is -2.10. The third-order valence-electron chi connectivity index (χ3n) is 3.59. The van der Waals surface area contributed by atoms with Gasteiger partial charge >= 0.3 is 0 Å². The molecule has 0 aliphatic carbocycles. The predicted molar refractivity (Wildman–Crippen MR) is 89.0 cm³/mol. The lowest BCUT2D eigenvalue weighted by molar-refractivity contribution is 1.30. The molecule has 106 valence electrons. The highest BCUT2D eigenvalue weighted by molar-refractivity contribution is 5.80. The Hall–Kier alpha value is -3.12. The summed E-state index contributed by atoms with van der Waals surface area (Å²) in [5.74, 6) is 0.263. The number of pyridine rings is 1. The topological polar surface area (TPSA) is 62.7 Å². The van der Waals surface area contributed by atoms with Gasteiger partial charge in [0.05, 0.1) is 5.69 Å². The van der Waals surface area contributed by atoms with E-state index in [1.165, 1.54) is 5.56 Å². The molecule has 0 bridgehead atoms. The number of nitrogen functional groups attached to an aromatic ring is 1. The van der Waals surface area contributed by atoms with Gasteiger partial charge in [0.2, 0.25) is 0 Å². The summed E-state index contributed by atoms with van der Waals surface area (Å²) in [7, 11) is 0. The summed E-state index contributed by atoms with van der Waals surface area (Å²) in [4.78, 5) is 4.39. The molecule has 3 aromatic rings. The first-order chi connectivity index (χ1) is 10.7. The summed E-state index contributed by atoms with van der Waals surface area (Å²) in [6.45, 7) is 2.04. The molecule has 0 unspecified atom stereocenters. The first-order valence-corrected chi connectivity index (χ1v) is 7.02. The Labute approximate surface area is 129 Å². The summed E-state index contributed by atoms with van der Waals surface area (Å²) in [6, 6.07) is 21.9. The monoisotopic (exact) mass is 285 g/mol. The van der Waals surface area contributed by atoms with E-state index < -0.39 is 0 Å². The molecule has 3 heteroatoms. The average Bonchev–Trinajstić information content (AvgIpc) is 2.55. The number of nitriles is 1. The minimum Gasteiger partial charge on any atom is -0.383 e. The second-order valence-electron chi connectivity index (χ2n) is 5.16. The summed E-state index contributed by atoms with van der Waals surface area (Å²) in [6.07, 6.45) is 0. The lowest BCUT2D eigenvalue weighted by Crippen LogP contribution is -1.99. The van der Waals surface area contributed by atoms with Crippen LogP contribution in [0.2, 0.25) is 0 Å². The van der Waals surface area contributed by atoms with Gasteiger partial charge in [-0.3, -0.25) is 0 Å². The van der Waals surface area contributed by atoms with Gasteiger partial charge in [-0.2, -0.15) is 5.26 Å². The molecule has 1 heterocycles. The van der Waals surface area contributed by atoms with Gasteiger partial charge < -0.3 is 5.73 Å². The van der Waals surface area contributed by atoms with Crippen LogP contribution in [0.25, 0.3) is 22.4 Å². The van der Waals surface area contributed by atoms with Crippen molar-refractivity contribution in [2.75, 3.05) is 5.73 Å². The van der Waals surface area contributed by atoms with E-state index in [-0.39, 0.29) is 5.82 Å². The fraction of sp³-hybridized carbons (Fsp3) is 0.0526. The molecule has 0 saturated heterocycles. The number of hydrogen-bond acceptors (Lipinski definition) is 3. The average molecular weight is 285 g/mol. The number of rotatable bonds is 2. The standard InChI is InChI=1S/C19H15N3/c1-13-7-9-15(10-8-13)18-11-16(14-5-3-2-4-6-14)17(12-20)19(21)22-18/h2-11H,1H3,(H2,21,22). The van der Waals surface area contributed by atoms with Crippen LogP contribution in [0, 0.1) is 18.3 Å². The molecule has 3 rings (SSSR count). The minimum atomic E-state index is 0.263. The first kappa shape index (κ1) is 13.8. The molecule has 0 fully saturated rings. The van der Waals surface area contributed by atoms with Crippen LogP contribution in [0.3, 0.4) is 0 Å². The van der Waals surface area contributed by atoms with Gasteiger partial charge in [-0.05, 0) is 18.6 Å². The van der Waals surface area contributed by atoms with Crippen molar-refractivity contribution in [3.63, 3.8) is 0 Å². The van der Waals surface area contributed by atoms with Crippen LogP contribution in [0.4, 0.5) is 5.82 Å². The van der Waals surface area contributed by atoms with Gasteiger partial charge in [0.1, 0.15) is 17.5 Å². The van der Waals surface area contributed by atoms with Crippen LogP contribution in [0.5, 0.6) is 0 Å². The zero-order valence-electron chi connectivity index (χ0n) is 12.2. The first-order valence-electron chi connectivity index (χ1n) is 7.02. The van der Waals surface area contributed by atoms with Crippen LogP contribution in [-0.4, -0.2) is 4.98 Å². The van der Waals surface area contributed by atoms with E-state index in [0.717, 1.165) is 22.4 Å². The Morgan fingerprint density at radius 3 is 2.27 bits per heavy atom. The number of anilines is 1. The molecule has 0 aliphatic rings. The van der Waals surface area contributed by atoms with Crippen LogP contribution in [0.1, 0.15) is 11.1 Å². The Bertz CT molecular complexity index is 844. The van der Waals surface area contributed by atoms with Gasteiger partial charge in [-0.15, -0.1) is 0 Å². The molecule has 22 heavy (non-hydrogen) atoms. The SMILES string of the molecule is Cc1ccc(-c2cc(-c3ccccc3)c(C#N)c(N)n2)cc1. The smallest absolute Gasteiger partial charge is 0.142 e. The second-order valence-corrected chi connectivity index (χ2v) is 5.16. The van der Waals surface area contributed by atoms with Crippen molar-refractivity contribution in [3.05, 3.63) is 71.8 Å². The molecule has 2 N–H and O–H groups in total. The molecule has 1 aromatic heterocycles. The van der Waals surface area contributed by atoms with E-state index in [1.807, 2.05) is 67.6 Å². The van der Waals surface area contributed by atoms with Crippen LogP contribution in [-0.2, 0) is 0 Å². The number of hydrogen-bond donors (Lipinski definition) is 1. The van der Waals surface area contributed by atoms with E-state index >= 15 is 0 Å². The minimum absolute atomic E-state index is 0.263. The van der Waals surface area contributed by atoms with Crippen molar-refractivity contribution in [1.29, 1.82) is 5.26 Å². The Morgan fingerprint density at radius 1 is 0.955 bits per heavy atom. The maximum absolute atomic E-state index is 9.39. The predicted octanol–water partition coefficient (Wildman–Crippen LogP) is 4.18. The Morgan fingerprint density at radius 2 is 1.64 bits per heavy atom. The third-order valence-corrected chi connectivity index (χ3v) is 3.59. The van der Waals surface area contributed by atoms with Crippen LogP contribution >= 0.6 is 0 Å². The number of nitrogens with zero attached hydrogens (tertiary/aromatic N) is 2. The molecule has 2 aromatic carbocycles. The fourth-order valence-corrected chi connectivity index (χ4v) is 2.40. The molecule has 0 spiro atoms. The summed E-state index contributed by atoms with van der Waals surface area (Å²) < 4.78 is 0. The van der Waals surface area contributed by atoms with Crippen molar-refractivity contribution in [1.82, 2.24) is 4.98 Å². The van der Waals surface area contributed by atoms with E-state index in [2.05, 4.69) is 11.1 Å². The van der Waals surface area contributed by atoms with E-state index in [1.54, 1.807) is 0 Å². The van der Waals surface area contributed by atoms with Crippen LogP contribution in [0.15, 0.2) is 60.7 Å². The van der Waals surface area contributed by atoms with E-state index in [4.69, 9.17) is 5.73 Å². The Balaban J connectivity index is 2.21. The number of nitrogens with two attached hydrogens (primary N) is 1. The normalized spacial score (nSPS) is 10.2. The summed E-state index contributed by atoms with van der Waals surface area (Å²) in [5.41, 5.74) is 11.1. The number of benzene rings is 2. The molecule has 0 aliphatic heterocycles. The van der Waals surface area contributed by atoms with E-state index in [9.17, 15) is 5.26 Å².